The van der Waals surface area contributed by atoms with Crippen molar-refractivity contribution < 1.29 is 19.1 Å². The Morgan fingerprint density at radius 2 is 1.97 bits per heavy atom. The molecule has 5 heteroatoms. The maximum atomic E-state index is 11.6. The number of rotatable bonds is 11. The summed E-state index contributed by atoms with van der Waals surface area (Å²) in [6.45, 7) is 20.5. The molecule has 0 radical (unpaired) electrons. The van der Waals surface area contributed by atoms with E-state index < -0.39 is 14.4 Å². The molecule has 0 amide bonds. The van der Waals surface area contributed by atoms with E-state index in [4.69, 9.17) is 9.16 Å². The fraction of sp³-hybridized carbons (Fsp3) is 0.720. The van der Waals surface area contributed by atoms with E-state index in [1.807, 2.05) is 6.08 Å². The molecule has 0 saturated heterocycles. The Hall–Kier alpha value is -1.01. The molecule has 0 bridgehead atoms. The first kappa shape index (κ1) is 27.0. The lowest BCUT2D eigenvalue weighted by Crippen LogP contribution is -2.45. The Labute approximate surface area is 185 Å². The molecule has 0 saturated carbocycles. The third-order valence-corrected chi connectivity index (χ3v) is 11.2. The zero-order valence-corrected chi connectivity index (χ0v) is 21.4. The first-order valence-electron chi connectivity index (χ1n) is 11.2. The first-order valence-corrected chi connectivity index (χ1v) is 14.1. The number of ketones is 1. The average Bonchev–Trinajstić information content (AvgIpc) is 2.64. The lowest BCUT2D eigenvalue weighted by atomic mass is 9.93. The summed E-state index contributed by atoms with van der Waals surface area (Å²) in [6, 6.07) is 0. The van der Waals surface area contributed by atoms with Gasteiger partial charge in [-0.15, -0.1) is 0 Å². The van der Waals surface area contributed by atoms with Gasteiger partial charge in [0.25, 0.3) is 0 Å². The van der Waals surface area contributed by atoms with Crippen LogP contribution in [0.2, 0.25) is 18.1 Å². The number of allylic oxidation sites excluding steroid dienone is 2. The van der Waals surface area contributed by atoms with Crippen molar-refractivity contribution >= 4 is 14.1 Å². The normalized spacial score (nSPS) is 23.7. The van der Waals surface area contributed by atoms with Crippen molar-refractivity contribution in [2.45, 2.75) is 110 Å². The monoisotopic (exact) mass is 436 g/mol. The Balaban J connectivity index is 2.84. The molecule has 0 fully saturated rings. The van der Waals surface area contributed by atoms with Gasteiger partial charge >= 0.3 is 0 Å². The van der Waals surface area contributed by atoms with Crippen molar-refractivity contribution in [1.29, 1.82) is 0 Å². The van der Waals surface area contributed by atoms with Gasteiger partial charge in [0.1, 0.15) is 5.78 Å². The van der Waals surface area contributed by atoms with Crippen molar-refractivity contribution in [2.75, 3.05) is 0 Å². The number of ether oxygens (including phenoxy) is 1. The molecule has 0 aromatic heterocycles. The number of carbonyl (C=O) groups excluding carboxylic acids is 1. The molecule has 4 nitrogen and oxygen atoms in total. The Kier molecular flexibility index (Phi) is 10.4. The van der Waals surface area contributed by atoms with Gasteiger partial charge in [-0.1, -0.05) is 64.2 Å². The van der Waals surface area contributed by atoms with Crippen LogP contribution in [0.15, 0.2) is 36.5 Å². The van der Waals surface area contributed by atoms with Crippen LogP contribution in [0.4, 0.5) is 0 Å². The van der Waals surface area contributed by atoms with Gasteiger partial charge in [0.05, 0.1) is 24.4 Å². The summed E-state index contributed by atoms with van der Waals surface area (Å²) in [7, 11) is -1.92. The maximum Gasteiger partial charge on any atom is 0.192 e. The van der Waals surface area contributed by atoms with Crippen LogP contribution in [0.5, 0.6) is 0 Å². The fourth-order valence-electron chi connectivity index (χ4n) is 3.21. The number of aliphatic hydroxyl groups excluding tert-OH is 1. The molecule has 1 N–H and O–H groups in total. The molecule has 0 aliphatic carbocycles. The van der Waals surface area contributed by atoms with E-state index in [1.54, 1.807) is 6.92 Å². The number of Topliss-reactive ketones (excluding diaryl/α,β-unsaturated/α-hetero) is 1. The quantitative estimate of drug-likeness (QED) is 0.246. The van der Waals surface area contributed by atoms with Gasteiger partial charge in [0, 0.05) is 18.8 Å². The molecule has 1 rings (SSSR count). The minimum absolute atomic E-state index is 0.0117. The summed E-state index contributed by atoms with van der Waals surface area (Å²) in [5, 5.41) is 10.5. The fourth-order valence-corrected chi connectivity index (χ4v) is 4.59. The number of hydrogen-bond acceptors (Lipinski definition) is 4. The van der Waals surface area contributed by atoms with Crippen LogP contribution >= 0.6 is 0 Å². The van der Waals surface area contributed by atoms with Crippen molar-refractivity contribution in [3.8, 4) is 0 Å². The minimum atomic E-state index is -1.92. The standard InChI is InChI=1S/C25H44O4Si/c1-10-18(2)14-15-23(29-30(8,9)25(5,6)7)16-21-12-11-13-22(28-21)17-24(27)19(3)20(4)26/h10-12,14,19,21-24,27H,1,13,15-17H2,2-9H3/b18-14+/t19-,21-,22-,23-,24-/m0/s1. The van der Waals surface area contributed by atoms with Crippen molar-refractivity contribution in [3.63, 3.8) is 0 Å². The summed E-state index contributed by atoms with van der Waals surface area (Å²) in [5.74, 6) is -0.350. The highest BCUT2D eigenvalue weighted by Crippen LogP contribution is 2.38. The van der Waals surface area contributed by atoms with Gasteiger partial charge in [-0.25, -0.2) is 0 Å². The third kappa shape index (κ3) is 8.62. The molecule has 1 aliphatic heterocycles. The second-order valence-electron chi connectivity index (χ2n) is 10.3. The predicted octanol–water partition coefficient (Wildman–Crippen LogP) is 5.98. The van der Waals surface area contributed by atoms with Gasteiger partial charge in [0.15, 0.2) is 8.32 Å². The second kappa shape index (κ2) is 11.6. The maximum absolute atomic E-state index is 11.6. The lowest BCUT2D eigenvalue weighted by molar-refractivity contribution is -0.124. The van der Waals surface area contributed by atoms with Crippen LogP contribution in [0, 0.1) is 5.92 Å². The Bertz CT molecular complexity index is 630. The molecule has 0 unspecified atom stereocenters. The van der Waals surface area contributed by atoms with E-state index in [-0.39, 0.29) is 35.1 Å². The molecule has 30 heavy (non-hydrogen) atoms. The number of aliphatic hydroxyl groups is 1. The molecule has 0 aromatic rings. The molecule has 5 atom stereocenters. The lowest BCUT2D eigenvalue weighted by Gasteiger charge is -2.40. The number of hydrogen-bond donors (Lipinski definition) is 1. The van der Waals surface area contributed by atoms with Crippen LogP contribution < -0.4 is 0 Å². The highest BCUT2D eigenvalue weighted by atomic mass is 28.4. The van der Waals surface area contributed by atoms with Gasteiger partial charge in [-0.2, -0.15) is 0 Å². The van der Waals surface area contributed by atoms with Gasteiger partial charge in [0.2, 0.25) is 0 Å². The van der Waals surface area contributed by atoms with E-state index in [2.05, 4.69) is 65.6 Å². The highest BCUT2D eigenvalue weighted by molar-refractivity contribution is 6.74. The molecular weight excluding hydrogens is 392 g/mol. The molecule has 0 spiro atoms. The van der Waals surface area contributed by atoms with E-state index in [0.717, 1.165) is 24.8 Å². The molecule has 0 aromatic carbocycles. The largest absolute Gasteiger partial charge is 0.414 e. The summed E-state index contributed by atoms with van der Waals surface area (Å²) in [6.07, 6.45) is 10.4. The molecule has 172 valence electrons. The van der Waals surface area contributed by atoms with Crippen molar-refractivity contribution in [1.82, 2.24) is 0 Å². The van der Waals surface area contributed by atoms with Crippen LogP contribution in [-0.4, -0.2) is 43.6 Å². The third-order valence-electron chi connectivity index (χ3n) is 6.63. The molecule has 1 heterocycles. The van der Waals surface area contributed by atoms with Crippen LogP contribution in [0.1, 0.15) is 67.2 Å². The summed E-state index contributed by atoms with van der Waals surface area (Å²) in [5.41, 5.74) is 1.15. The minimum Gasteiger partial charge on any atom is -0.414 e. The van der Waals surface area contributed by atoms with E-state index in [0.29, 0.717) is 6.42 Å². The van der Waals surface area contributed by atoms with Gasteiger partial charge in [-0.05, 0) is 44.8 Å². The highest BCUT2D eigenvalue weighted by Gasteiger charge is 2.39. The summed E-state index contributed by atoms with van der Waals surface area (Å²) in [4.78, 5) is 11.6. The van der Waals surface area contributed by atoms with Crippen LogP contribution in [0.3, 0.4) is 0 Å². The first-order chi connectivity index (χ1) is 13.8. The van der Waals surface area contributed by atoms with Crippen molar-refractivity contribution in [3.05, 3.63) is 36.5 Å². The van der Waals surface area contributed by atoms with Crippen LogP contribution in [0.25, 0.3) is 0 Å². The van der Waals surface area contributed by atoms with Gasteiger partial charge in [-0.3, -0.25) is 4.79 Å². The molecule has 1 aliphatic rings. The smallest absolute Gasteiger partial charge is 0.192 e. The average molecular weight is 437 g/mol. The summed E-state index contributed by atoms with van der Waals surface area (Å²) >= 11 is 0. The number of carbonyl (C=O) groups is 1. The van der Waals surface area contributed by atoms with E-state index in [9.17, 15) is 9.90 Å². The van der Waals surface area contributed by atoms with E-state index in [1.165, 1.54) is 6.92 Å². The van der Waals surface area contributed by atoms with Crippen molar-refractivity contribution in [2.24, 2.45) is 5.92 Å². The second-order valence-corrected chi connectivity index (χ2v) is 15.0. The van der Waals surface area contributed by atoms with E-state index >= 15 is 0 Å². The van der Waals surface area contributed by atoms with Crippen LogP contribution in [-0.2, 0) is 14.0 Å². The topological polar surface area (TPSA) is 55.8 Å². The SMILES string of the molecule is C=C/C(C)=C/C[C@@H](C[C@@H]1C=CC[C@@H](C[C@H](O)[C@@H](C)C(C)=O)O1)O[Si](C)(C)C(C)(C)C. The molecular formula is C25H44O4Si. The zero-order chi connectivity index (χ0) is 23.1. The summed E-state index contributed by atoms with van der Waals surface area (Å²) < 4.78 is 13.0. The van der Waals surface area contributed by atoms with Gasteiger partial charge < -0.3 is 14.3 Å². The zero-order valence-electron chi connectivity index (χ0n) is 20.4. The Morgan fingerprint density at radius 1 is 1.33 bits per heavy atom. The predicted molar refractivity (Wildman–Crippen MR) is 128 cm³/mol. The Morgan fingerprint density at radius 3 is 2.50 bits per heavy atom.